The number of ether oxygens (including phenoxy) is 2. The maximum atomic E-state index is 13.0. The van der Waals surface area contributed by atoms with Crippen LogP contribution in [0.15, 0.2) is 48.5 Å². The van der Waals surface area contributed by atoms with E-state index in [1.807, 2.05) is 53.4 Å². The van der Waals surface area contributed by atoms with E-state index in [2.05, 4.69) is 10.1 Å². The number of nitrogens with zero attached hydrogens (tertiary/aromatic N) is 4. The highest BCUT2D eigenvalue weighted by molar-refractivity contribution is 5.91. The number of methoxy groups -OCH3 is 1. The van der Waals surface area contributed by atoms with Crippen LogP contribution in [0.2, 0.25) is 0 Å². The second-order valence-electron chi connectivity index (χ2n) is 7.32. The molecule has 1 aliphatic rings. The van der Waals surface area contributed by atoms with Crippen molar-refractivity contribution >= 4 is 5.91 Å². The minimum Gasteiger partial charge on any atom is -0.497 e. The molecule has 1 aromatic heterocycles. The molecule has 0 spiro atoms. The van der Waals surface area contributed by atoms with E-state index in [1.165, 1.54) is 0 Å². The Labute approximate surface area is 181 Å². The normalized spacial score (nSPS) is 13.8. The Hall–Kier alpha value is -3.39. The first-order valence-corrected chi connectivity index (χ1v) is 10.4. The van der Waals surface area contributed by atoms with Gasteiger partial charge in [-0.25, -0.2) is 9.67 Å². The van der Waals surface area contributed by atoms with Gasteiger partial charge < -0.3 is 19.5 Å². The third kappa shape index (κ3) is 4.69. The van der Waals surface area contributed by atoms with Crippen LogP contribution in [-0.2, 0) is 0 Å². The Morgan fingerprint density at radius 2 is 1.68 bits per heavy atom. The summed E-state index contributed by atoms with van der Waals surface area (Å²) in [5, 5.41) is 13.5. The van der Waals surface area contributed by atoms with Crippen molar-refractivity contribution < 1.29 is 19.4 Å². The summed E-state index contributed by atoms with van der Waals surface area (Å²) >= 11 is 0. The van der Waals surface area contributed by atoms with Gasteiger partial charge in [-0.2, -0.15) is 0 Å². The van der Waals surface area contributed by atoms with Gasteiger partial charge in [0.2, 0.25) is 5.82 Å². The Balaban J connectivity index is 1.70. The highest BCUT2D eigenvalue weighted by Gasteiger charge is 2.24. The number of hydrogen-bond acceptors (Lipinski definition) is 6. The fraction of sp³-hybridized carbons (Fsp3) is 0.348. The van der Waals surface area contributed by atoms with Gasteiger partial charge in [0.25, 0.3) is 5.91 Å². The summed E-state index contributed by atoms with van der Waals surface area (Å²) in [6.07, 6.45) is 3.16. The van der Waals surface area contributed by atoms with Crippen LogP contribution in [0.5, 0.6) is 11.5 Å². The maximum absolute atomic E-state index is 13.0. The number of aliphatic hydroxyl groups is 1. The van der Waals surface area contributed by atoms with Crippen LogP contribution in [0.4, 0.5) is 0 Å². The van der Waals surface area contributed by atoms with Crippen molar-refractivity contribution in [2.75, 3.05) is 33.4 Å². The highest BCUT2D eigenvalue weighted by Crippen LogP contribution is 2.25. The molecular formula is C23H26N4O4. The maximum Gasteiger partial charge on any atom is 0.293 e. The summed E-state index contributed by atoms with van der Waals surface area (Å²) < 4.78 is 12.4. The van der Waals surface area contributed by atoms with Gasteiger partial charge in [-0.3, -0.25) is 4.79 Å². The molecule has 31 heavy (non-hydrogen) atoms. The van der Waals surface area contributed by atoms with Crippen LogP contribution in [0.3, 0.4) is 0 Å². The van der Waals surface area contributed by atoms with Crippen LogP contribution < -0.4 is 9.47 Å². The third-order valence-corrected chi connectivity index (χ3v) is 5.23. The number of amides is 1. The second kappa shape index (κ2) is 9.61. The lowest BCUT2D eigenvalue weighted by Crippen LogP contribution is -2.36. The summed E-state index contributed by atoms with van der Waals surface area (Å²) in [6.45, 7) is 1.66. The molecule has 8 heteroatoms. The molecule has 0 unspecified atom stereocenters. The number of aromatic nitrogens is 3. The summed E-state index contributed by atoms with van der Waals surface area (Å²) in [5.74, 6) is 2.00. The first-order chi connectivity index (χ1) is 15.2. The van der Waals surface area contributed by atoms with Gasteiger partial charge in [0.1, 0.15) is 18.1 Å². The molecule has 1 aliphatic heterocycles. The van der Waals surface area contributed by atoms with Crippen molar-refractivity contribution in [2.24, 2.45) is 0 Å². The van der Waals surface area contributed by atoms with Crippen molar-refractivity contribution in [1.82, 2.24) is 19.7 Å². The first kappa shape index (κ1) is 20.9. The van der Waals surface area contributed by atoms with E-state index in [4.69, 9.17) is 14.6 Å². The summed E-state index contributed by atoms with van der Waals surface area (Å²) in [7, 11) is 1.62. The number of carbonyl (C=O) groups is 1. The Kier molecular flexibility index (Phi) is 6.47. The van der Waals surface area contributed by atoms with Gasteiger partial charge in [-0.05, 0) is 67.8 Å². The van der Waals surface area contributed by atoms with E-state index in [0.717, 1.165) is 49.4 Å². The van der Waals surface area contributed by atoms with Crippen molar-refractivity contribution in [1.29, 1.82) is 0 Å². The van der Waals surface area contributed by atoms with Gasteiger partial charge >= 0.3 is 0 Å². The van der Waals surface area contributed by atoms with E-state index in [0.29, 0.717) is 11.6 Å². The topological polar surface area (TPSA) is 89.7 Å². The molecule has 0 radical (unpaired) electrons. The lowest BCUT2D eigenvalue weighted by molar-refractivity contribution is 0.0712. The Morgan fingerprint density at radius 1 is 1.00 bits per heavy atom. The van der Waals surface area contributed by atoms with Gasteiger partial charge in [0, 0.05) is 18.7 Å². The van der Waals surface area contributed by atoms with Crippen molar-refractivity contribution in [3.8, 4) is 28.6 Å². The molecule has 0 saturated carbocycles. The molecule has 2 aromatic carbocycles. The van der Waals surface area contributed by atoms with Gasteiger partial charge in [0.15, 0.2) is 5.82 Å². The fourth-order valence-electron chi connectivity index (χ4n) is 3.60. The van der Waals surface area contributed by atoms with E-state index in [1.54, 1.807) is 11.8 Å². The molecule has 0 aliphatic carbocycles. The van der Waals surface area contributed by atoms with Crippen LogP contribution in [0.25, 0.3) is 17.1 Å². The zero-order chi connectivity index (χ0) is 21.6. The number of benzene rings is 2. The molecule has 1 saturated heterocycles. The average Bonchev–Trinajstić information content (AvgIpc) is 3.28. The first-order valence-electron chi connectivity index (χ1n) is 10.4. The predicted octanol–water partition coefficient (Wildman–Crippen LogP) is 2.94. The lowest BCUT2D eigenvalue weighted by atomic mass is 10.1. The number of aliphatic hydroxyl groups excluding tert-OH is 1. The van der Waals surface area contributed by atoms with Crippen molar-refractivity contribution in [2.45, 2.75) is 19.3 Å². The molecule has 2 heterocycles. The van der Waals surface area contributed by atoms with E-state index in [9.17, 15) is 4.79 Å². The smallest absolute Gasteiger partial charge is 0.293 e. The van der Waals surface area contributed by atoms with Crippen LogP contribution >= 0.6 is 0 Å². The van der Waals surface area contributed by atoms with Gasteiger partial charge in [-0.15, -0.1) is 5.10 Å². The van der Waals surface area contributed by atoms with Crippen molar-refractivity contribution in [3.05, 3.63) is 54.4 Å². The molecule has 1 N–H and O–H groups in total. The number of carbonyl (C=O) groups excluding carboxylic acids is 1. The second-order valence-corrected chi connectivity index (χ2v) is 7.32. The summed E-state index contributed by atoms with van der Waals surface area (Å²) in [5.41, 5.74) is 1.58. The fourth-order valence-corrected chi connectivity index (χ4v) is 3.60. The molecule has 1 fully saturated rings. The zero-order valence-electron chi connectivity index (χ0n) is 17.5. The SMILES string of the molecule is COc1ccc(-n2nc(C(=O)N3CCCCC3)nc2-c2ccc(OCCO)cc2)cc1. The van der Waals surface area contributed by atoms with Crippen molar-refractivity contribution in [3.63, 3.8) is 0 Å². The Bertz CT molecular complexity index is 1010. The lowest BCUT2D eigenvalue weighted by Gasteiger charge is -2.25. The number of hydrogen-bond donors (Lipinski definition) is 1. The Morgan fingerprint density at radius 3 is 2.32 bits per heavy atom. The minimum atomic E-state index is -0.142. The molecule has 0 atom stereocenters. The average molecular weight is 422 g/mol. The molecule has 0 bridgehead atoms. The largest absolute Gasteiger partial charge is 0.497 e. The minimum absolute atomic E-state index is 0.0461. The molecule has 162 valence electrons. The van der Waals surface area contributed by atoms with E-state index >= 15 is 0 Å². The van der Waals surface area contributed by atoms with Gasteiger partial charge in [0.05, 0.1) is 19.4 Å². The summed E-state index contributed by atoms with van der Waals surface area (Å²) in [4.78, 5) is 19.5. The molecule has 1 amide bonds. The van der Waals surface area contributed by atoms with Crippen LogP contribution in [0, 0.1) is 0 Å². The van der Waals surface area contributed by atoms with E-state index in [-0.39, 0.29) is 24.9 Å². The molecular weight excluding hydrogens is 396 g/mol. The number of likely N-dealkylation sites (tertiary alicyclic amines) is 1. The summed E-state index contributed by atoms with van der Waals surface area (Å²) in [6, 6.07) is 14.8. The highest BCUT2D eigenvalue weighted by atomic mass is 16.5. The van der Waals surface area contributed by atoms with E-state index < -0.39 is 0 Å². The molecule has 4 rings (SSSR count). The standard InChI is InChI=1S/C23H26N4O4/c1-30-19-11-7-18(8-12-19)27-22(17-5-9-20(10-6-17)31-16-15-28)24-21(25-27)23(29)26-13-3-2-4-14-26/h5-12,28H,2-4,13-16H2,1H3. The third-order valence-electron chi connectivity index (χ3n) is 5.23. The number of piperidine rings is 1. The quantitative estimate of drug-likeness (QED) is 0.630. The zero-order valence-corrected chi connectivity index (χ0v) is 17.5. The predicted molar refractivity (Wildman–Crippen MR) is 116 cm³/mol. The molecule has 3 aromatic rings. The molecule has 8 nitrogen and oxygen atoms in total. The van der Waals surface area contributed by atoms with Crippen LogP contribution in [0.1, 0.15) is 29.9 Å². The number of rotatable bonds is 7. The van der Waals surface area contributed by atoms with Crippen LogP contribution in [-0.4, -0.2) is 64.1 Å². The monoisotopic (exact) mass is 422 g/mol. The van der Waals surface area contributed by atoms with Gasteiger partial charge in [-0.1, -0.05) is 0 Å².